The third-order valence-corrected chi connectivity index (χ3v) is 5.07. The van der Waals surface area contributed by atoms with Crippen molar-refractivity contribution in [2.75, 3.05) is 18.4 Å². The molecule has 1 atom stereocenters. The quantitative estimate of drug-likeness (QED) is 0.810. The molecular formula is C22H25ClN2O3. The fraction of sp³-hybridized carbons (Fsp3) is 0.364. The summed E-state index contributed by atoms with van der Waals surface area (Å²) in [6, 6.07) is 16.3. The number of nitrogens with one attached hydrogen (secondary N) is 1. The van der Waals surface area contributed by atoms with Gasteiger partial charge in [0.05, 0.1) is 5.92 Å². The first-order valence-electron chi connectivity index (χ1n) is 9.45. The van der Waals surface area contributed by atoms with Crippen molar-refractivity contribution in [3.8, 4) is 5.75 Å². The predicted molar refractivity (Wildman–Crippen MR) is 111 cm³/mol. The van der Waals surface area contributed by atoms with Crippen LogP contribution in [0, 0.1) is 5.92 Å². The molecule has 0 saturated carbocycles. The summed E-state index contributed by atoms with van der Waals surface area (Å²) in [5, 5.41) is 3.55. The highest BCUT2D eigenvalue weighted by Gasteiger charge is 2.37. The van der Waals surface area contributed by atoms with Crippen LogP contribution < -0.4 is 10.1 Å². The maximum absolute atomic E-state index is 13.1. The molecule has 2 amide bonds. The molecule has 0 aromatic heterocycles. The lowest BCUT2D eigenvalue weighted by atomic mass is 9.95. The molecule has 1 saturated heterocycles. The van der Waals surface area contributed by atoms with E-state index in [4.69, 9.17) is 16.3 Å². The molecule has 2 aromatic rings. The normalized spacial score (nSPS) is 17.1. The van der Waals surface area contributed by atoms with Crippen LogP contribution in [0.4, 0.5) is 5.69 Å². The maximum Gasteiger partial charge on any atom is 0.266 e. The highest BCUT2D eigenvalue weighted by Crippen LogP contribution is 2.25. The Morgan fingerprint density at radius 2 is 1.79 bits per heavy atom. The molecular weight excluding hydrogens is 376 g/mol. The first-order valence-corrected chi connectivity index (χ1v) is 9.83. The highest BCUT2D eigenvalue weighted by atomic mass is 35.5. The zero-order chi connectivity index (χ0) is 20.1. The molecule has 0 spiro atoms. The van der Waals surface area contributed by atoms with Crippen LogP contribution in [-0.2, 0) is 9.59 Å². The van der Waals surface area contributed by atoms with Gasteiger partial charge in [0.15, 0.2) is 5.60 Å². The molecule has 1 N–H and O–H groups in total. The lowest BCUT2D eigenvalue weighted by molar-refractivity contribution is -0.148. The van der Waals surface area contributed by atoms with Crippen molar-refractivity contribution < 1.29 is 14.3 Å². The smallest absolute Gasteiger partial charge is 0.266 e. The standard InChI is InChI=1S/C22H25ClN2O3/c1-22(2,28-19-12-10-17(23)11-13-19)21(27)25-14-6-7-16(15-25)20(26)24-18-8-4-3-5-9-18/h3-5,8-13,16H,6-7,14-15H2,1-2H3,(H,24,26)/t16-/m1/s1. The van der Waals surface area contributed by atoms with Crippen molar-refractivity contribution in [2.45, 2.75) is 32.3 Å². The molecule has 3 rings (SSSR count). The second kappa shape index (κ2) is 8.65. The first kappa shape index (κ1) is 20.2. The minimum atomic E-state index is -1.04. The number of nitrogens with zero attached hydrogens (tertiary/aromatic N) is 1. The Balaban J connectivity index is 1.62. The predicted octanol–water partition coefficient (Wildman–Crippen LogP) is 4.37. The third-order valence-electron chi connectivity index (χ3n) is 4.82. The molecule has 0 unspecified atom stereocenters. The monoisotopic (exact) mass is 400 g/mol. The summed E-state index contributed by atoms with van der Waals surface area (Å²) in [5.41, 5.74) is -0.270. The van der Waals surface area contributed by atoms with Gasteiger partial charge in [-0.3, -0.25) is 9.59 Å². The molecule has 1 heterocycles. The number of hydrogen-bond acceptors (Lipinski definition) is 3. The SMILES string of the molecule is CC(C)(Oc1ccc(Cl)cc1)C(=O)N1CCC[C@@H](C(=O)Nc2ccccc2)C1. The van der Waals surface area contributed by atoms with Gasteiger partial charge in [-0.2, -0.15) is 0 Å². The Kier molecular flexibility index (Phi) is 6.25. The van der Waals surface area contributed by atoms with Gasteiger partial charge in [0.2, 0.25) is 5.91 Å². The number of ether oxygens (including phenoxy) is 1. The molecule has 5 nitrogen and oxygen atoms in total. The summed E-state index contributed by atoms with van der Waals surface area (Å²) in [4.78, 5) is 27.4. The number of para-hydroxylation sites is 1. The Hall–Kier alpha value is -2.53. The Labute approximate surface area is 170 Å². The van der Waals surface area contributed by atoms with E-state index in [0.717, 1.165) is 18.5 Å². The zero-order valence-corrected chi connectivity index (χ0v) is 16.9. The average molecular weight is 401 g/mol. The van der Waals surface area contributed by atoms with Gasteiger partial charge in [-0.15, -0.1) is 0 Å². The van der Waals surface area contributed by atoms with Gasteiger partial charge in [0.1, 0.15) is 5.75 Å². The highest BCUT2D eigenvalue weighted by molar-refractivity contribution is 6.30. The summed E-state index contributed by atoms with van der Waals surface area (Å²) in [5.74, 6) is 0.169. The maximum atomic E-state index is 13.1. The van der Waals surface area contributed by atoms with Crippen LogP contribution in [0.1, 0.15) is 26.7 Å². The van der Waals surface area contributed by atoms with Gasteiger partial charge >= 0.3 is 0 Å². The summed E-state index contributed by atoms with van der Waals surface area (Å²) in [6.45, 7) is 4.52. The lowest BCUT2D eigenvalue weighted by Gasteiger charge is -2.37. The van der Waals surface area contributed by atoms with E-state index in [9.17, 15) is 9.59 Å². The van der Waals surface area contributed by atoms with Gasteiger partial charge in [0.25, 0.3) is 5.91 Å². The molecule has 6 heteroatoms. The molecule has 0 radical (unpaired) electrons. The number of anilines is 1. The van der Waals surface area contributed by atoms with Gasteiger partial charge in [-0.25, -0.2) is 0 Å². The van der Waals surface area contributed by atoms with Crippen molar-refractivity contribution in [3.63, 3.8) is 0 Å². The molecule has 1 aliphatic heterocycles. The number of piperidine rings is 1. The number of rotatable bonds is 5. The molecule has 28 heavy (non-hydrogen) atoms. The second-order valence-corrected chi connectivity index (χ2v) is 7.95. The van der Waals surface area contributed by atoms with Gasteiger partial charge in [-0.05, 0) is 63.1 Å². The summed E-state index contributed by atoms with van der Waals surface area (Å²) in [7, 11) is 0. The Bertz CT molecular complexity index is 821. The molecule has 2 aromatic carbocycles. The Morgan fingerprint density at radius 3 is 2.46 bits per heavy atom. The number of benzene rings is 2. The van der Waals surface area contributed by atoms with Crippen molar-refractivity contribution in [1.29, 1.82) is 0 Å². The van der Waals surface area contributed by atoms with Crippen molar-refractivity contribution in [2.24, 2.45) is 5.92 Å². The number of halogens is 1. The summed E-state index contributed by atoms with van der Waals surface area (Å²) in [6.07, 6.45) is 1.55. The van der Waals surface area contributed by atoms with Crippen LogP contribution in [-0.4, -0.2) is 35.4 Å². The van der Waals surface area contributed by atoms with E-state index in [2.05, 4.69) is 5.32 Å². The first-order chi connectivity index (χ1) is 13.3. The minimum absolute atomic E-state index is 0.0554. The average Bonchev–Trinajstić information content (AvgIpc) is 2.70. The van der Waals surface area contributed by atoms with Gasteiger partial charge in [-0.1, -0.05) is 29.8 Å². The molecule has 148 valence electrons. The van der Waals surface area contributed by atoms with Crippen molar-refractivity contribution in [3.05, 3.63) is 59.6 Å². The van der Waals surface area contributed by atoms with Crippen LogP contribution in [0.15, 0.2) is 54.6 Å². The van der Waals surface area contributed by atoms with E-state index in [1.54, 1.807) is 43.0 Å². The van der Waals surface area contributed by atoms with Crippen molar-refractivity contribution in [1.82, 2.24) is 4.90 Å². The van der Waals surface area contributed by atoms with E-state index in [-0.39, 0.29) is 17.7 Å². The van der Waals surface area contributed by atoms with E-state index in [1.807, 2.05) is 30.3 Å². The number of carbonyl (C=O) groups excluding carboxylic acids is 2. The summed E-state index contributed by atoms with van der Waals surface area (Å²) < 4.78 is 5.91. The molecule has 0 bridgehead atoms. The van der Waals surface area contributed by atoms with Crippen LogP contribution in [0.5, 0.6) is 5.75 Å². The number of hydrogen-bond donors (Lipinski definition) is 1. The fourth-order valence-electron chi connectivity index (χ4n) is 3.36. The van der Waals surface area contributed by atoms with E-state index < -0.39 is 5.60 Å². The third kappa shape index (κ3) is 5.04. The van der Waals surface area contributed by atoms with Crippen LogP contribution in [0.3, 0.4) is 0 Å². The van der Waals surface area contributed by atoms with Crippen LogP contribution >= 0.6 is 11.6 Å². The van der Waals surface area contributed by atoms with E-state index >= 15 is 0 Å². The van der Waals surface area contributed by atoms with Crippen LogP contribution in [0.25, 0.3) is 0 Å². The fourth-order valence-corrected chi connectivity index (χ4v) is 3.49. The molecule has 1 aliphatic rings. The molecule has 0 aliphatic carbocycles. The Morgan fingerprint density at radius 1 is 1.11 bits per heavy atom. The van der Waals surface area contributed by atoms with Crippen molar-refractivity contribution >= 4 is 29.1 Å². The van der Waals surface area contributed by atoms with E-state index in [0.29, 0.717) is 23.9 Å². The largest absolute Gasteiger partial charge is 0.478 e. The second-order valence-electron chi connectivity index (χ2n) is 7.51. The lowest BCUT2D eigenvalue weighted by Crippen LogP contribution is -2.53. The van der Waals surface area contributed by atoms with Crippen LogP contribution in [0.2, 0.25) is 5.02 Å². The zero-order valence-electron chi connectivity index (χ0n) is 16.2. The van der Waals surface area contributed by atoms with Gasteiger partial charge in [0, 0.05) is 23.8 Å². The van der Waals surface area contributed by atoms with E-state index in [1.165, 1.54) is 0 Å². The number of amides is 2. The number of likely N-dealkylation sites (tertiary alicyclic amines) is 1. The summed E-state index contributed by atoms with van der Waals surface area (Å²) >= 11 is 5.90. The van der Waals surface area contributed by atoms with Gasteiger partial charge < -0.3 is 15.0 Å². The number of carbonyl (C=O) groups is 2. The minimum Gasteiger partial charge on any atom is -0.478 e. The molecule has 1 fully saturated rings. The topological polar surface area (TPSA) is 58.6 Å².